The lowest BCUT2D eigenvalue weighted by Gasteiger charge is -2.35. The van der Waals surface area contributed by atoms with E-state index in [9.17, 15) is 4.79 Å². The topological polar surface area (TPSA) is 32.3 Å². The van der Waals surface area contributed by atoms with Crippen LogP contribution in [0.4, 0.5) is 0 Å². The molecule has 0 radical (unpaired) electrons. The Bertz CT molecular complexity index is 355. The molecule has 0 aromatic rings. The summed E-state index contributed by atoms with van der Waals surface area (Å²) in [4.78, 5) is 15.1. The maximum Gasteiger partial charge on any atom is 0.241 e. The maximum absolute atomic E-state index is 12.9. The standard InChI is InChI=1S/C17H32N2OS/c1-5-9-14-18-15(13(3)6-2)16(20)19(14)12-17(21-4)10-7-8-11-17/h13-15,18H,5-12H2,1-4H3. The fourth-order valence-corrected chi connectivity index (χ4v) is 4.77. The van der Waals surface area contributed by atoms with Crippen LogP contribution >= 0.6 is 11.8 Å². The highest BCUT2D eigenvalue weighted by Gasteiger charge is 2.45. The van der Waals surface area contributed by atoms with E-state index in [1.165, 1.54) is 25.7 Å². The number of rotatable bonds is 7. The molecule has 4 heteroatoms. The molecule has 1 aliphatic heterocycles. The molecule has 0 spiro atoms. The monoisotopic (exact) mass is 312 g/mol. The van der Waals surface area contributed by atoms with Gasteiger partial charge in [-0.2, -0.15) is 11.8 Å². The van der Waals surface area contributed by atoms with E-state index in [1.54, 1.807) is 0 Å². The molecular weight excluding hydrogens is 280 g/mol. The minimum atomic E-state index is 0.0341. The Morgan fingerprint density at radius 3 is 2.57 bits per heavy atom. The van der Waals surface area contributed by atoms with Crippen molar-refractivity contribution in [1.82, 2.24) is 10.2 Å². The van der Waals surface area contributed by atoms with Gasteiger partial charge in [-0.25, -0.2) is 0 Å². The first-order chi connectivity index (χ1) is 10.1. The number of nitrogens with zero attached hydrogens (tertiary/aromatic N) is 1. The van der Waals surface area contributed by atoms with Crippen molar-refractivity contribution in [2.45, 2.75) is 82.7 Å². The van der Waals surface area contributed by atoms with Crippen LogP contribution in [0, 0.1) is 5.92 Å². The Balaban J connectivity index is 2.12. The molecule has 3 atom stereocenters. The van der Waals surface area contributed by atoms with Crippen LogP contribution < -0.4 is 5.32 Å². The summed E-state index contributed by atoms with van der Waals surface area (Å²) in [6.07, 6.45) is 10.9. The second-order valence-electron chi connectivity index (χ2n) is 6.89. The minimum absolute atomic E-state index is 0.0341. The summed E-state index contributed by atoms with van der Waals surface area (Å²) in [5, 5.41) is 3.62. The molecule has 0 aromatic carbocycles. The lowest BCUT2D eigenvalue weighted by molar-refractivity contribution is -0.131. The fourth-order valence-electron chi connectivity index (χ4n) is 3.80. The molecule has 1 heterocycles. The van der Waals surface area contributed by atoms with Crippen molar-refractivity contribution in [2.24, 2.45) is 5.92 Å². The Hall–Kier alpha value is -0.220. The first kappa shape index (κ1) is 17.1. The molecular formula is C17H32N2OS. The molecule has 21 heavy (non-hydrogen) atoms. The number of hydrogen-bond acceptors (Lipinski definition) is 3. The molecule has 3 nitrogen and oxygen atoms in total. The van der Waals surface area contributed by atoms with Crippen LogP contribution in [0.15, 0.2) is 0 Å². The molecule has 1 saturated carbocycles. The van der Waals surface area contributed by atoms with Crippen LogP contribution in [0.25, 0.3) is 0 Å². The lowest BCUT2D eigenvalue weighted by atomic mass is 9.99. The Labute approximate surface area is 134 Å². The highest BCUT2D eigenvalue weighted by Crippen LogP contribution is 2.42. The predicted octanol–water partition coefficient (Wildman–Crippen LogP) is 3.63. The quantitative estimate of drug-likeness (QED) is 0.779. The van der Waals surface area contributed by atoms with Gasteiger partial charge in [0.05, 0.1) is 12.2 Å². The van der Waals surface area contributed by atoms with E-state index in [4.69, 9.17) is 0 Å². The number of amides is 1. The number of thioether (sulfide) groups is 1. The third-order valence-electron chi connectivity index (χ3n) is 5.48. The van der Waals surface area contributed by atoms with Crippen LogP contribution in [-0.4, -0.2) is 40.6 Å². The summed E-state index contributed by atoms with van der Waals surface area (Å²) in [6.45, 7) is 7.53. The molecule has 1 aliphatic carbocycles. The van der Waals surface area contributed by atoms with Gasteiger partial charge in [-0.15, -0.1) is 0 Å². The van der Waals surface area contributed by atoms with Crippen molar-refractivity contribution < 1.29 is 4.79 Å². The number of carbonyl (C=O) groups is 1. The van der Waals surface area contributed by atoms with E-state index in [-0.39, 0.29) is 12.2 Å². The van der Waals surface area contributed by atoms with E-state index in [1.807, 2.05) is 11.8 Å². The largest absolute Gasteiger partial charge is 0.324 e. The second kappa shape index (κ2) is 7.36. The van der Waals surface area contributed by atoms with Crippen molar-refractivity contribution in [3.8, 4) is 0 Å². The van der Waals surface area contributed by atoms with Gasteiger partial charge in [0.1, 0.15) is 0 Å². The SMILES string of the molecule is CCCC1NC(C(C)CC)C(=O)N1CC1(SC)CCCC1. The van der Waals surface area contributed by atoms with Gasteiger partial charge in [0.15, 0.2) is 0 Å². The molecule has 0 bridgehead atoms. The highest BCUT2D eigenvalue weighted by molar-refractivity contribution is 8.00. The average molecular weight is 313 g/mol. The first-order valence-corrected chi connectivity index (χ1v) is 9.91. The Kier molecular flexibility index (Phi) is 6.01. The van der Waals surface area contributed by atoms with Crippen molar-refractivity contribution in [3.05, 3.63) is 0 Å². The summed E-state index contributed by atoms with van der Waals surface area (Å²) in [5.74, 6) is 0.777. The summed E-state index contributed by atoms with van der Waals surface area (Å²) in [5.41, 5.74) is 0. The number of hydrogen-bond donors (Lipinski definition) is 1. The van der Waals surface area contributed by atoms with E-state index >= 15 is 0 Å². The van der Waals surface area contributed by atoms with Gasteiger partial charge < -0.3 is 4.90 Å². The molecule has 122 valence electrons. The van der Waals surface area contributed by atoms with Gasteiger partial charge in [-0.3, -0.25) is 10.1 Å². The molecule has 1 N–H and O–H groups in total. The van der Waals surface area contributed by atoms with Crippen LogP contribution in [0.3, 0.4) is 0 Å². The van der Waals surface area contributed by atoms with Crippen LogP contribution in [0.1, 0.15) is 65.7 Å². The molecule has 2 fully saturated rings. The smallest absolute Gasteiger partial charge is 0.241 e. The fraction of sp³-hybridized carbons (Fsp3) is 0.941. The first-order valence-electron chi connectivity index (χ1n) is 8.68. The van der Waals surface area contributed by atoms with Crippen molar-refractivity contribution in [3.63, 3.8) is 0 Å². The molecule has 0 aromatic heterocycles. The minimum Gasteiger partial charge on any atom is -0.324 e. The third-order valence-corrected chi connectivity index (χ3v) is 6.88. The van der Waals surface area contributed by atoms with E-state index in [2.05, 4.69) is 37.2 Å². The van der Waals surface area contributed by atoms with Crippen LogP contribution in [-0.2, 0) is 4.79 Å². The summed E-state index contributed by atoms with van der Waals surface area (Å²) in [6, 6.07) is 0.0341. The highest BCUT2D eigenvalue weighted by atomic mass is 32.2. The van der Waals surface area contributed by atoms with E-state index < -0.39 is 0 Å². The third kappa shape index (κ3) is 3.58. The van der Waals surface area contributed by atoms with Crippen LogP contribution in [0.5, 0.6) is 0 Å². The lowest BCUT2D eigenvalue weighted by Crippen LogP contribution is -2.45. The van der Waals surface area contributed by atoms with Crippen LogP contribution in [0.2, 0.25) is 0 Å². The van der Waals surface area contributed by atoms with Gasteiger partial charge in [-0.1, -0.05) is 46.5 Å². The molecule has 1 saturated heterocycles. The van der Waals surface area contributed by atoms with Gasteiger partial charge in [0.25, 0.3) is 0 Å². The van der Waals surface area contributed by atoms with Gasteiger partial charge >= 0.3 is 0 Å². The van der Waals surface area contributed by atoms with Crippen molar-refractivity contribution >= 4 is 17.7 Å². The Morgan fingerprint density at radius 2 is 2.05 bits per heavy atom. The zero-order valence-corrected chi connectivity index (χ0v) is 15.0. The maximum atomic E-state index is 12.9. The normalized spacial score (nSPS) is 30.1. The van der Waals surface area contributed by atoms with Gasteiger partial charge in [0, 0.05) is 11.3 Å². The molecule has 3 unspecified atom stereocenters. The average Bonchev–Trinajstić information content (AvgIpc) is 3.07. The number of carbonyl (C=O) groups excluding carboxylic acids is 1. The molecule has 2 rings (SSSR count). The van der Waals surface area contributed by atoms with Gasteiger partial charge in [-0.05, 0) is 31.4 Å². The zero-order valence-electron chi connectivity index (χ0n) is 14.2. The molecule has 2 aliphatic rings. The van der Waals surface area contributed by atoms with E-state index in [0.717, 1.165) is 25.8 Å². The summed E-state index contributed by atoms with van der Waals surface area (Å²) < 4.78 is 0.313. The van der Waals surface area contributed by atoms with Crippen molar-refractivity contribution in [1.29, 1.82) is 0 Å². The number of nitrogens with one attached hydrogen (secondary N) is 1. The Morgan fingerprint density at radius 1 is 1.38 bits per heavy atom. The second-order valence-corrected chi connectivity index (χ2v) is 8.17. The van der Waals surface area contributed by atoms with E-state index in [0.29, 0.717) is 16.6 Å². The summed E-state index contributed by atoms with van der Waals surface area (Å²) in [7, 11) is 0. The summed E-state index contributed by atoms with van der Waals surface area (Å²) >= 11 is 1.98. The zero-order chi connectivity index (χ0) is 15.5. The van der Waals surface area contributed by atoms with Crippen molar-refractivity contribution in [2.75, 3.05) is 12.8 Å². The predicted molar refractivity (Wildman–Crippen MR) is 91.5 cm³/mol. The molecule has 1 amide bonds. The van der Waals surface area contributed by atoms with Gasteiger partial charge in [0.2, 0.25) is 5.91 Å².